The highest BCUT2D eigenvalue weighted by molar-refractivity contribution is 7.17. The standard InChI is InChI=1S/C22H29N3O3S/c1-13-9-15(10-14(2)20(13)28-4)11-25(3)12-18(26)24-22-19(21(23)27)16-7-5-6-8-17(16)29-22/h9-10H,5-8,11-12H2,1-4H3,(H2,23,27)(H,24,26). The summed E-state index contributed by atoms with van der Waals surface area (Å²) in [4.78, 5) is 27.7. The molecule has 29 heavy (non-hydrogen) atoms. The highest BCUT2D eigenvalue weighted by atomic mass is 32.1. The fourth-order valence-corrected chi connectivity index (χ4v) is 5.46. The molecule has 0 atom stereocenters. The Hall–Kier alpha value is -2.38. The first kappa shape index (κ1) is 21.3. The number of nitrogens with zero attached hydrogens (tertiary/aromatic N) is 1. The summed E-state index contributed by atoms with van der Waals surface area (Å²) in [6, 6.07) is 4.16. The van der Waals surface area contributed by atoms with Gasteiger partial charge in [0.2, 0.25) is 5.91 Å². The zero-order chi connectivity index (χ0) is 21.1. The van der Waals surface area contributed by atoms with E-state index in [4.69, 9.17) is 10.5 Å². The number of ether oxygens (including phenoxy) is 1. The number of aryl methyl sites for hydroxylation is 3. The second-order valence-corrected chi connectivity index (χ2v) is 8.87. The smallest absolute Gasteiger partial charge is 0.251 e. The Bertz CT molecular complexity index is 913. The maximum atomic E-state index is 12.6. The molecular weight excluding hydrogens is 386 g/mol. The lowest BCUT2D eigenvalue weighted by Crippen LogP contribution is -2.30. The van der Waals surface area contributed by atoms with Crippen molar-refractivity contribution in [2.75, 3.05) is 26.0 Å². The molecule has 1 aliphatic carbocycles. The Morgan fingerprint density at radius 1 is 1.21 bits per heavy atom. The predicted molar refractivity (Wildman–Crippen MR) is 117 cm³/mol. The molecule has 156 valence electrons. The summed E-state index contributed by atoms with van der Waals surface area (Å²) in [6.45, 7) is 4.91. The fourth-order valence-electron chi connectivity index (χ4n) is 4.15. The van der Waals surface area contributed by atoms with Crippen LogP contribution in [0.4, 0.5) is 5.00 Å². The first-order valence-electron chi connectivity index (χ1n) is 9.87. The van der Waals surface area contributed by atoms with E-state index in [1.165, 1.54) is 16.2 Å². The van der Waals surface area contributed by atoms with E-state index >= 15 is 0 Å². The van der Waals surface area contributed by atoms with Crippen LogP contribution >= 0.6 is 11.3 Å². The summed E-state index contributed by atoms with van der Waals surface area (Å²) in [7, 11) is 3.58. The summed E-state index contributed by atoms with van der Waals surface area (Å²) in [6.07, 6.45) is 3.98. The van der Waals surface area contributed by atoms with E-state index in [2.05, 4.69) is 17.4 Å². The molecule has 0 fully saturated rings. The Morgan fingerprint density at radius 2 is 1.86 bits per heavy atom. The average Bonchev–Trinajstić information content (AvgIpc) is 2.98. The quantitative estimate of drug-likeness (QED) is 0.726. The molecule has 1 aromatic carbocycles. The predicted octanol–water partition coefficient (Wildman–Crippen LogP) is 3.42. The summed E-state index contributed by atoms with van der Waals surface area (Å²) in [5.74, 6) is 0.294. The molecule has 3 rings (SSSR count). The normalized spacial score (nSPS) is 13.3. The van der Waals surface area contributed by atoms with Crippen LogP contribution in [0.5, 0.6) is 5.75 Å². The number of methoxy groups -OCH3 is 1. The molecular formula is C22H29N3O3S. The maximum Gasteiger partial charge on any atom is 0.251 e. The van der Waals surface area contributed by atoms with Gasteiger partial charge in [0, 0.05) is 11.4 Å². The molecule has 0 saturated carbocycles. The second kappa shape index (κ2) is 8.97. The molecule has 7 heteroatoms. The summed E-state index contributed by atoms with van der Waals surface area (Å²) < 4.78 is 5.42. The molecule has 1 aromatic heterocycles. The minimum absolute atomic E-state index is 0.143. The van der Waals surface area contributed by atoms with Crippen LogP contribution in [-0.4, -0.2) is 37.4 Å². The number of fused-ring (bicyclic) bond motifs is 1. The van der Waals surface area contributed by atoms with Crippen molar-refractivity contribution in [1.82, 2.24) is 4.90 Å². The Labute approximate surface area is 176 Å². The minimum atomic E-state index is -0.461. The number of amides is 2. The molecule has 2 amide bonds. The highest BCUT2D eigenvalue weighted by Crippen LogP contribution is 2.37. The lowest BCUT2D eigenvalue weighted by atomic mass is 9.95. The lowest BCUT2D eigenvalue weighted by molar-refractivity contribution is -0.117. The van der Waals surface area contributed by atoms with Crippen LogP contribution in [0.3, 0.4) is 0 Å². The lowest BCUT2D eigenvalue weighted by Gasteiger charge is -2.18. The van der Waals surface area contributed by atoms with Crippen molar-refractivity contribution in [3.8, 4) is 5.75 Å². The molecule has 1 aliphatic rings. The van der Waals surface area contributed by atoms with Gasteiger partial charge in [-0.1, -0.05) is 12.1 Å². The third-order valence-electron chi connectivity index (χ3n) is 5.26. The number of carbonyl (C=O) groups excluding carboxylic acids is 2. The van der Waals surface area contributed by atoms with Crippen LogP contribution in [0.15, 0.2) is 12.1 Å². The number of carbonyl (C=O) groups is 2. The van der Waals surface area contributed by atoms with E-state index in [1.807, 2.05) is 25.8 Å². The van der Waals surface area contributed by atoms with Crippen LogP contribution in [0.1, 0.15) is 50.3 Å². The fraction of sp³-hybridized carbons (Fsp3) is 0.455. The summed E-state index contributed by atoms with van der Waals surface area (Å²) in [5, 5.41) is 3.52. The number of anilines is 1. The number of benzene rings is 1. The number of thiophene rings is 1. The third-order valence-corrected chi connectivity index (χ3v) is 6.47. The van der Waals surface area contributed by atoms with Crippen LogP contribution in [0.2, 0.25) is 0 Å². The number of rotatable bonds is 7. The molecule has 0 unspecified atom stereocenters. The Morgan fingerprint density at radius 3 is 2.48 bits per heavy atom. The van der Waals surface area contributed by atoms with Crippen LogP contribution in [0, 0.1) is 13.8 Å². The van der Waals surface area contributed by atoms with Crippen molar-refractivity contribution in [3.05, 3.63) is 44.8 Å². The van der Waals surface area contributed by atoms with Crippen LogP contribution in [-0.2, 0) is 24.2 Å². The molecule has 1 heterocycles. The number of hydrogen-bond donors (Lipinski definition) is 2. The average molecular weight is 416 g/mol. The number of primary amides is 1. The molecule has 6 nitrogen and oxygen atoms in total. The van der Waals surface area contributed by atoms with Crippen molar-refractivity contribution in [2.24, 2.45) is 5.73 Å². The van der Waals surface area contributed by atoms with Crippen LogP contribution < -0.4 is 15.8 Å². The molecule has 2 aromatic rings. The van der Waals surface area contributed by atoms with E-state index in [-0.39, 0.29) is 12.5 Å². The van der Waals surface area contributed by atoms with Crippen molar-refractivity contribution in [3.63, 3.8) is 0 Å². The maximum absolute atomic E-state index is 12.6. The van der Waals surface area contributed by atoms with Crippen molar-refractivity contribution < 1.29 is 14.3 Å². The molecule has 0 saturated heterocycles. The van der Waals surface area contributed by atoms with Gasteiger partial charge in [0.1, 0.15) is 10.8 Å². The number of hydrogen-bond acceptors (Lipinski definition) is 5. The number of likely N-dealkylation sites (N-methyl/N-ethyl adjacent to an activating group) is 1. The monoisotopic (exact) mass is 415 g/mol. The Balaban J connectivity index is 1.67. The van der Waals surface area contributed by atoms with Crippen molar-refractivity contribution in [2.45, 2.75) is 46.1 Å². The summed E-state index contributed by atoms with van der Waals surface area (Å²) in [5.41, 5.74) is 10.4. The first-order chi connectivity index (χ1) is 13.8. The van der Waals surface area contributed by atoms with Gasteiger partial charge < -0.3 is 15.8 Å². The van der Waals surface area contributed by atoms with Gasteiger partial charge in [0.05, 0.1) is 19.2 Å². The number of nitrogens with two attached hydrogens (primary N) is 1. The van der Waals surface area contributed by atoms with Gasteiger partial charge in [-0.2, -0.15) is 0 Å². The van der Waals surface area contributed by atoms with Gasteiger partial charge in [-0.15, -0.1) is 11.3 Å². The molecule has 0 aliphatic heterocycles. The Kier molecular flexibility index (Phi) is 6.59. The topological polar surface area (TPSA) is 84.7 Å². The molecule has 0 radical (unpaired) electrons. The van der Waals surface area contributed by atoms with Gasteiger partial charge in [-0.05, 0) is 68.8 Å². The van der Waals surface area contributed by atoms with Gasteiger partial charge in [0.15, 0.2) is 0 Å². The minimum Gasteiger partial charge on any atom is -0.496 e. The van der Waals surface area contributed by atoms with E-state index in [0.29, 0.717) is 17.1 Å². The van der Waals surface area contributed by atoms with Gasteiger partial charge in [-0.3, -0.25) is 14.5 Å². The molecule has 0 bridgehead atoms. The van der Waals surface area contributed by atoms with Gasteiger partial charge >= 0.3 is 0 Å². The van der Waals surface area contributed by atoms with Crippen LogP contribution in [0.25, 0.3) is 0 Å². The van der Waals surface area contributed by atoms with E-state index in [1.54, 1.807) is 7.11 Å². The zero-order valence-electron chi connectivity index (χ0n) is 17.6. The van der Waals surface area contributed by atoms with E-state index in [0.717, 1.165) is 53.7 Å². The first-order valence-corrected chi connectivity index (χ1v) is 10.7. The van der Waals surface area contributed by atoms with Gasteiger partial charge in [-0.25, -0.2) is 0 Å². The third kappa shape index (κ3) is 4.79. The molecule has 3 N–H and O–H groups in total. The molecule has 0 spiro atoms. The van der Waals surface area contributed by atoms with E-state index in [9.17, 15) is 9.59 Å². The highest BCUT2D eigenvalue weighted by Gasteiger charge is 2.25. The SMILES string of the molecule is COc1c(C)cc(CN(C)CC(=O)Nc2sc3c(c2C(N)=O)CCCC3)cc1C. The largest absolute Gasteiger partial charge is 0.496 e. The van der Waals surface area contributed by atoms with Gasteiger partial charge in [0.25, 0.3) is 5.91 Å². The van der Waals surface area contributed by atoms with Crippen molar-refractivity contribution in [1.29, 1.82) is 0 Å². The summed E-state index contributed by atoms with van der Waals surface area (Å²) >= 11 is 1.49. The number of nitrogens with one attached hydrogen (secondary N) is 1. The zero-order valence-corrected chi connectivity index (χ0v) is 18.4. The van der Waals surface area contributed by atoms with Crippen molar-refractivity contribution >= 4 is 28.2 Å². The second-order valence-electron chi connectivity index (χ2n) is 7.76. The van der Waals surface area contributed by atoms with E-state index < -0.39 is 5.91 Å².